The minimum absolute atomic E-state index is 0.296. The van der Waals surface area contributed by atoms with Crippen molar-refractivity contribution < 1.29 is 13.5 Å². The molecule has 0 spiro atoms. The van der Waals surface area contributed by atoms with Gasteiger partial charge in [0.2, 0.25) is 0 Å². The maximum absolute atomic E-state index is 11.0. The number of hydrogen-bond donors (Lipinski definition) is 1. The molecule has 1 N–H and O–H groups in total. The molecular formula is C8H16O3S. The van der Waals surface area contributed by atoms with Gasteiger partial charge in [0.1, 0.15) is 0 Å². The summed E-state index contributed by atoms with van der Waals surface area (Å²) in [6.45, 7) is 1.74. The maximum Gasteiger partial charge on any atom is 0.150 e. The van der Waals surface area contributed by atoms with Gasteiger partial charge in [-0.2, -0.15) is 0 Å². The van der Waals surface area contributed by atoms with E-state index in [0.717, 1.165) is 19.3 Å². The summed E-state index contributed by atoms with van der Waals surface area (Å²) in [5.74, 6) is 0.974. The van der Waals surface area contributed by atoms with Crippen molar-refractivity contribution in [2.24, 2.45) is 5.92 Å². The minimum atomic E-state index is -2.72. The summed E-state index contributed by atoms with van der Waals surface area (Å²) >= 11 is 0. The van der Waals surface area contributed by atoms with Crippen molar-refractivity contribution in [2.45, 2.75) is 32.3 Å². The fraction of sp³-hybridized carbons (Fsp3) is 1.00. The summed E-state index contributed by atoms with van der Waals surface area (Å²) in [7, 11) is -2.72. The van der Waals surface area contributed by atoms with Gasteiger partial charge in [-0.1, -0.05) is 0 Å². The van der Waals surface area contributed by atoms with Gasteiger partial charge in [-0.25, -0.2) is 8.42 Å². The predicted molar refractivity (Wildman–Crippen MR) is 47.7 cm³/mol. The number of sulfone groups is 1. The molecule has 0 bridgehead atoms. The highest BCUT2D eigenvalue weighted by atomic mass is 32.2. The van der Waals surface area contributed by atoms with Crippen LogP contribution in [0.4, 0.5) is 0 Å². The van der Waals surface area contributed by atoms with Gasteiger partial charge in [-0.3, -0.25) is 0 Å². The Kier molecular flexibility index (Phi) is 3.12. The van der Waals surface area contributed by atoms with Gasteiger partial charge in [0, 0.05) is 0 Å². The van der Waals surface area contributed by atoms with Crippen molar-refractivity contribution in [3.63, 3.8) is 0 Å². The standard InChI is InChI=1S/C8H16O3S/c1-7(9)2-3-8-4-5-12(10,11)6-8/h7-9H,2-6H2,1H3/t7-,8?/m1/s1. The van der Waals surface area contributed by atoms with E-state index in [4.69, 9.17) is 5.11 Å². The van der Waals surface area contributed by atoms with E-state index in [1.54, 1.807) is 6.92 Å². The first-order valence-corrected chi connectivity index (χ1v) is 6.20. The molecule has 0 amide bonds. The van der Waals surface area contributed by atoms with E-state index in [1.807, 2.05) is 0 Å². The Bertz CT molecular complexity index is 231. The zero-order valence-corrected chi connectivity index (χ0v) is 8.18. The van der Waals surface area contributed by atoms with Crippen LogP contribution in [0, 0.1) is 5.92 Å². The Hall–Kier alpha value is -0.0900. The summed E-state index contributed by atoms with van der Waals surface area (Å²) in [4.78, 5) is 0. The lowest BCUT2D eigenvalue weighted by Crippen LogP contribution is -2.08. The predicted octanol–water partition coefficient (Wildman–Crippen LogP) is 0.582. The molecule has 1 aliphatic heterocycles. The molecule has 0 aromatic heterocycles. The minimum Gasteiger partial charge on any atom is -0.393 e. The largest absolute Gasteiger partial charge is 0.393 e. The molecule has 1 unspecified atom stereocenters. The van der Waals surface area contributed by atoms with Gasteiger partial charge in [0.15, 0.2) is 9.84 Å². The van der Waals surface area contributed by atoms with Gasteiger partial charge in [-0.05, 0) is 32.1 Å². The molecule has 1 saturated heterocycles. The van der Waals surface area contributed by atoms with Crippen LogP contribution in [0.25, 0.3) is 0 Å². The van der Waals surface area contributed by atoms with Crippen LogP contribution in [0.2, 0.25) is 0 Å². The first-order valence-electron chi connectivity index (χ1n) is 4.38. The summed E-state index contributed by atoms with van der Waals surface area (Å²) in [5, 5.41) is 8.99. The highest BCUT2D eigenvalue weighted by Gasteiger charge is 2.27. The molecule has 4 heteroatoms. The van der Waals surface area contributed by atoms with Crippen LogP contribution in [0.3, 0.4) is 0 Å². The van der Waals surface area contributed by atoms with Crippen LogP contribution in [0.1, 0.15) is 26.2 Å². The molecule has 1 fully saturated rings. The molecule has 0 radical (unpaired) electrons. The summed E-state index contributed by atoms with van der Waals surface area (Å²) in [6.07, 6.45) is 2.06. The van der Waals surface area contributed by atoms with Crippen molar-refractivity contribution in [3.05, 3.63) is 0 Å². The van der Waals surface area contributed by atoms with Crippen molar-refractivity contribution in [2.75, 3.05) is 11.5 Å². The second-order valence-corrected chi connectivity index (χ2v) is 5.92. The fourth-order valence-corrected chi connectivity index (χ4v) is 3.49. The molecule has 0 saturated carbocycles. The molecule has 72 valence electrons. The molecule has 12 heavy (non-hydrogen) atoms. The number of hydrogen-bond acceptors (Lipinski definition) is 3. The van der Waals surface area contributed by atoms with Gasteiger partial charge in [0.25, 0.3) is 0 Å². The lowest BCUT2D eigenvalue weighted by molar-refractivity contribution is 0.175. The Morgan fingerprint density at radius 2 is 2.25 bits per heavy atom. The molecule has 0 aromatic carbocycles. The summed E-state index contributed by atoms with van der Waals surface area (Å²) in [5.41, 5.74) is 0. The molecule has 2 atom stereocenters. The van der Waals surface area contributed by atoms with Crippen LogP contribution < -0.4 is 0 Å². The highest BCUT2D eigenvalue weighted by molar-refractivity contribution is 7.91. The molecule has 1 aliphatic rings. The third-order valence-corrected chi connectivity index (χ3v) is 4.16. The molecule has 3 nitrogen and oxygen atoms in total. The van der Waals surface area contributed by atoms with Crippen LogP contribution >= 0.6 is 0 Å². The van der Waals surface area contributed by atoms with Gasteiger partial charge in [0.05, 0.1) is 17.6 Å². The van der Waals surface area contributed by atoms with Crippen molar-refractivity contribution >= 4 is 9.84 Å². The third-order valence-electron chi connectivity index (χ3n) is 2.32. The van der Waals surface area contributed by atoms with Crippen LogP contribution in [0.5, 0.6) is 0 Å². The Morgan fingerprint density at radius 1 is 1.58 bits per heavy atom. The average molecular weight is 192 g/mol. The second-order valence-electron chi connectivity index (χ2n) is 3.70. The molecule has 0 aromatic rings. The van der Waals surface area contributed by atoms with E-state index in [1.165, 1.54) is 0 Å². The van der Waals surface area contributed by atoms with Crippen molar-refractivity contribution in [1.82, 2.24) is 0 Å². The smallest absolute Gasteiger partial charge is 0.150 e. The van der Waals surface area contributed by atoms with Crippen LogP contribution in [-0.4, -0.2) is 31.1 Å². The Balaban J connectivity index is 2.29. The molecule has 0 aliphatic carbocycles. The quantitative estimate of drug-likeness (QED) is 0.711. The van der Waals surface area contributed by atoms with E-state index >= 15 is 0 Å². The monoisotopic (exact) mass is 192 g/mol. The molecular weight excluding hydrogens is 176 g/mol. The maximum atomic E-state index is 11.0. The Labute approximate surface area is 73.7 Å². The average Bonchev–Trinajstić information content (AvgIpc) is 2.26. The van der Waals surface area contributed by atoms with E-state index in [0.29, 0.717) is 17.4 Å². The molecule has 1 heterocycles. The number of aliphatic hydroxyl groups excluding tert-OH is 1. The first-order chi connectivity index (χ1) is 5.49. The van der Waals surface area contributed by atoms with Crippen molar-refractivity contribution in [1.29, 1.82) is 0 Å². The highest BCUT2D eigenvalue weighted by Crippen LogP contribution is 2.23. The summed E-state index contributed by atoms with van der Waals surface area (Å²) < 4.78 is 22.0. The Morgan fingerprint density at radius 3 is 2.67 bits per heavy atom. The second kappa shape index (κ2) is 3.75. The normalized spacial score (nSPS) is 30.3. The number of rotatable bonds is 3. The topological polar surface area (TPSA) is 54.4 Å². The van der Waals surface area contributed by atoms with E-state index in [2.05, 4.69) is 0 Å². The first kappa shape index (κ1) is 9.99. The van der Waals surface area contributed by atoms with Crippen LogP contribution in [0.15, 0.2) is 0 Å². The van der Waals surface area contributed by atoms with E-state index < -0.39 is 9.84 Å². The van der Waals surface area contributed by atoms with Gasteiger partial charge >= 0.3 is 0 Å². The SMILES string of the molecule is C[C@@H](O)CCC1CCS(=O)(=O)C1. The lowest BCUT2D eigenvalue weighted by Gasteiger charge is -2.08. The van der Waals surface area contributed by atoms with Crippen molar-refractivity contribution in [3.8, 4) is 0 Å². The van der Waals surface area contributed by atoms with Gasteiger partial charge in [-0.15, -0.1) is 0 Å². The van der Waals surface area contributed by atoms with Crippen LogP contribution in [-0.2, 0) is 9.84 Å². The molecule has 1 rings (SSSR count). The lowest BCUT2D eigenvalue weighted by atomic mass is 10.0. The number of aliphatic hydroxyl groups is 1. The van der Waals surface area contributed by atoms with Gasteiger partial charge < -0.3 is 5.11 Å². The van der Waals surface area contributed by atoms with E-state index in [9.17, 15) is 8.42 Å². The fourth-order valence-electron chi connectivity index (χ4n) is 1.58. The summed E-state index contributed by atoms with van der Waals surface area (Å²) in [6, 6.07) is 0. The third kappa shape index (κ3) is 3.11. The zero-order chi connectivity index (χ0) is 9.19. The zero-order valence-electron chi connectivity index (χ0n) is 7.36. The van der Waals surface area contributed by atoms with E-state index in [-0.39, 0.29) is 6.10 Å².